The summed E-state index contributed by atoms with van der Waals surface area (Å²) in [5.41, 5.74) is 6.24. The lowest BCUT2D eigenvalue weighted by Gasteiger charge is -2.11. The molecule has 2 aromatic rings. The number of nitrogens with zero attached hydrogens (tertiary/aromatic N) is 1. The first-order chi connectivity index (χ1) is 9.70. The number of nitrogens with two attached hydrogens (primary N) is 1. The van der Waals surface area contributed by atoms with Gasteiger partial charge in [0.15, 0.2) is 0 Å². The molecule has 0 aliphatic rings. The highest BCUT2D eigenvalue weighted by atomic mass is 79.9. The van der Waals surface area contributed by atoms with Gasteiger partial charge in [-0.2, -0.15) is 0 Å². The molecule has 0 bridgehead atoms. The fourth-order valence-electron chi connectivity index (χ4n) is 1.57. The molecule has 112 valence electrons. The predicted octanol–water partition coefficient (Wildman–Crippen LogP) is 3.44. The number of nitrogens with one attached hydrogen (secondary N) is 1. The van der Waals surface area contributed by atoms with Crippen LogP contribution in [0.3, 0.4) is 0 Å². The van der Waals surface area contributed by atoms with E-state index in [1.165, 1.54) is 6.20 Å². The number of hydrogen-bond acceptors (Lipinski definition) is 4. The fourth-order valence-corrected chi connectivity index (χ4v) is 3.88. The van der Waals surface area contributed by atoms with E-state index in [0.29, 0.717) is 10.3 Å². The first-order valence-electron chi connectivity index (χ1n) is 5.60. The highest BCUT2D eigenvalue weighted by Crippen LogP contribution is 2.28. The maximum absolute atomic E-state index is 13.3. The normalized spacial score (nSPS) is 11.4. The van der Waals surface area contributed by atoms with Crippen molar-refractivity contribution >= 4 is 53.3 Å². The van der Waals surface area contributed by atoms with E-state index in [2.05, 4.69) is 41.6 Å². The van der Waals surface area contributed by atoms with E-state index >= 15 is 0 Å². The Morgan fingerprint density at radius 3 is 2.57 bits per heavy atom. The summed E-state index contributed by atoms with van der Waals surface area (Å²) in [6, 6.07) is 3.69. The Morgan fingerprint density at radius 2 is 1.95 bits per heavy atom. The number of sulfonamides is 1. The number of rotatable bonds is 3. The predicted molar refractivity (Wildman–Crippen MR) is 86.0 cm³/mol. The first-order valence-corrected chi connectivity index (χ1v) is 8.67. The van der Waals surface area contributed by atoms with Crippen LogP contribution in [0.15, 0.2) is 38.4 Å². The van der Waals surface area contributed by atoms with Crippen molar-refractivity contribution in [2.45, 2.75) is 11.8 Å². The van der Waals surface area contributed by atoms with E-state index in [1.807, 2.05) is 0 Å². The van der Waals surface area contributed by atoms with Gasteiger partial charge < -0.3 is 5.73 Å². The highest BCUT2D eigenvalue weighted by Gasteiger charge is 2.20. The van der Waals surface area contributed by atoms with Gasteiger partial charge in [-0.3, -0.25) is 4.72 Å². The molecule has 9 heteroatoms. The standard InChI is InChI=1S/C12H10Br2FN3O2S/c1-6-2-7(5-17-12(6)14)18-21(19,20)11-4-10(16)9(15)3-8(11)13/h2-5,18H,16H2,1H3. The van der Waals surface area contributed by atoms with Crippen LogP contribution in [-0.4, -0.2) is 13.4 Å². The van der Waals surface area contributed by atoms with Crippen molar-refractivity contribution < 1.29 is 12.8 Å². The van der Waals surface area contributed by atoms with E-state index in [4.69, 9.17) is 5.73 Å². The molecule has 1 aromatic heterocycles. The minimum atomic E-state index is -3.91. The third kappa shape index (κ3) is 3.53. The van der Waals surface area contributed by atoms with Crippen LogP contribution in [0.5, 0.6) is 0 Å². The highest BCUT2D eigenvalue weighted by molar-refractivity contribution is 9.10. The molecule has 21 heavy (non-hydrogen) atoms. The minimum absolute atomic E-state index is 0.0866. The van der Waals surface area contributed by atoms with Crippen molar-refractivity contribution in [3.63, 3.8) is 0 Å². The molecule has 1 aromatic carbocycles. The van der Waals surface area contributed by atoms with E-state index in [-0.39, 0.29) is 15.1 Å². The minimum Gasteiger partial charge on any atom is -0.396 e. The number of aryl methyl sites for hydroxylation is 1. The quantitative estimate of drug-likeness (QED) is 0.567. The Balaban J connectivity index is 2.43. The lowest BCUT2D eigenvalue weighted by Crippen LogP contribution is -2.14. The van der Waals surface area contributed by atoms with Gasteiger partial charge >= 0.3 is 0 Å². The van der Waals surface area contributed by atoms with Gasteiger partial charge in [-0.05, 0) is 62.5 Å². The Morgan fingerprint density at radius 1 is 1.29 bits per heavy atom. The van der Waals surface area contributed by atoms with Crippen LogP contribution in [0.2, 0.25) is 0 Å². The number of benzene rings is 1. The molecule has 0 saturated carbocycles. The summed E-state index contributed by atoms with van der Waals surface area (Å²) in [4.78, 5) is 3.85. The van der Waals surface area contributed by atoms with Crippen molar-refractivity contribution in [2.75, 3.05) is 10.5 Å². The average molecular weight is 439 g/mol. The summed E-state index contributed by atoms with van der Waals surface area (Å²) in [6.07, 6.45) is 1.37. The first kappa shape index (κ1) is 16.2. The molecule has 0 aliphatic carbocycles. The van der Waals surface area contributed by atoms with Crippen molar-refractivity contribution in [1.29, 1.82) is 0 Å². The molecule has 1 heterocycles. The van der Waals surface area contributed by atoms with E-state index < -0.39 is 15.8 Å². The Labute approximate surface area is 138 Å². The third-order valence-electron chi connectivity index (χ3n) is 2.61. The molecule has 2 rings (SSSR count). The molecule has 0 amide bonds. The van der Waals surface area contributed by atoms with Crippen LogP contribution in [0.25, 0.3) is 0 Å². The lowest BCUT2D eigenvalue weighted by atomic mass is 10.3. The smallest absolute Gasteiger partial charge is 0.263 e. The van der Waals surface area contributed by atoms with Gasteiger partial charge in [0.1, 0.15) is 15.3 Å². The van der Waals surface area contributed by atoms with Crippen molar-refractivity contribution in [3.05, 3.63) is 44.9 Å². The summed E-state index contributed by atoms with van der Waals surface area (Å²) in [5.74, 6) is -0.693. The van der Waals surface area contributed by atoms with E-state index in [9.17, 15) is 12.8 Å². The van der Waals surface area contributed by atoms with Gasteiger partial charge in [-0.15, -0.1) is 0 Å². The zero-order valence-corrected chi connectivity index (χ0v) is 14.7. The summed E-state index contributed by atoms with van der Waals surface area (Å²) < 4.78 is 41.0. The second-order valence-electron chi connectivity index (χ2n) is 4.24. The number of pyridine rings is 1. The molecule has 0 unspecified atom stereocenters. The molecule has 5 nitrogen and oxygen atoms in total. The Hall–Kier alpha value is -1.19. The maximum atomic E-state index is 13.3. The van der Waals surface area contributed by atoms with Crippen molar-refractivity contribution in [3.8, 4) is 0 Å². The number of aromatic nitrogens is 1. The fraction of sp³-hybridized carbons (Fsp3) is 0.0833. The topological polar surface area (TPSA) is 85.1 Å². The summed E-state index contributed by atoms with van der Waals surface area (Å²) in [7, 11) is -3.91. The molecule has 0 saturated heterocycles. The molecule has 0 aliphatic heterocycles. The van der Waals surface area contributed by atoms with E-state index in [1.54, 1.807) is 13.0 Å². The van der Waals surface area contributed by atoms with Gasteiger partial charge in [-0.1, -0.05) is 0 Å². The molecular formula is C12H10Br2FN3O2S. The summed E-state index contributed by atoms with van der Waals surface area (Å²) >= 11 is 6.25. The summed E-state index contributed by atoms with van der Waals surface area (Å²) in [5, 5.41) is 0. The van der Waals surface area contributed by atoms with Gasteiger partial charge in [0.25, 0.3) is 10.0 Å². The zero-order valence-electron chi connectivity index (χ0n) is 10.7. The number of hydrogen-bond donors (Lipinski definition) is 2. The Kier molecular flexibility index (Phi) is 4.54. The van der Waals surface area contributed by atoms with Crippen LogP contribution in [0, 0.1) is 12.7 Å². The zero-order chi connectivity index (χ0) is 15.8. The van der Waals surface area contributed by atoms with Crippen LogP contribution in [-0.2, 0) is 10.0 Å². The van der Waals surface area contributed by atoms with Gasteiger partial charge in [-0.25, -0.2) is 17.8 Å². The van der Waals surface area contributed by atoms with Crippen LogP contribution in [0.1, 0.15) is 5.56 Å². The molecule has 3 N–H and O–H groups in total. The van der Waals surface area contributed by atoms with Gasteiger partial charge in [0.2, 0.25) is 0 Å². The van der Waals surface area contributed by atoms with Crippen LogP contribution in [0.4, 0.5) is 15.8 Å². The van der Waals surface area contributed by atoms with Crippen LogP contribution < -0.4 is 10.5 Å². The maximum Gasteiger partial charge on any atom is 0.263 e. The monoisotopic (exact) mass is 437 g/mol. The molecular weight excluding hydrogens is 429 g/mol. The Bertz CT molecular complexity index is 812. The van der Waals surface area contributed by atoms with Crippen LogP contribution >= 0.6 is 31.9 Å². The van der Waals surface area contributed by atoms with Gasteiger partial charge in [0.05, 0.1) is 17.6 Å². The number of halogens is 3. The molecule has 0 fully saturated rings. The second-order valence-corrected chi connectivity index (χ2v) is 7.50. The average Bonchev–Trinajstić information content (AvgIpc) is 2.37. The van der Waals surface area contributed by atoms with E-state index in [0.717, 1.165) is 17.7 Å². The third-order valence-corrected chi connectivity index (χ3v) is 5.78. The lowest BCUT2D eigenvalue weighted by molar-refractivity contribution is 0.599. The second kappa shape index (κ2) is 5.90. The molecule has 0 radical (unpaired) electrons. The number of anilines is 2. The summed E-state index contributed by atoms with van der Waals surface area (Å²) in [6.45, 7) is 1.78. The number of nitrogen functional groups attached to an aromatic ring is 1. The van der Waals surface area contributed by atoms with Crippen molar-refractivity contribution in [2.24, 2.45) is 0 Å². The SMILES string of the molecule is Cc1cc(NS(=O)(=O)c2cc(N)c(F)cc2Br)cnc1Br. The van der Waals surface area contributed by atoms with Gasteiger partial charge in [0, 0.05) is 4.47 Å². The molecule has 0 atom stereocenters. The largest absolute Gasteiger partial charge is 0.396 e. The molecule has 0 spiro atoms. The van der Waals surface area contributed by atoms with Crippen molar-refractivity contribution in [1.82, 2.24) is 4.98 Å².